The van der Waals surface area contributed by atoms with E-state index in [-0.39, 0.29) is 4.90 Å². The van der Waals surface area contributed by atoms with E-state index in [1.54, 1.807) is 0 Å². The maximum Gasteiger partial charge on any atom is 0.262 e. The first-order valence-electron chi connectivity index (χ1n) is 6.52. The zero-order chi connectivity index (χ0) is 16.3. The first-order chi connectivity index (χ1) is 10.4. The van der Waals surface area contributed by atoms with Crippen LogP contribution in [0.1, 0.15) is 12.5 Å². The largest absolute Gasteiger partial charge is 0.496 e. The van der Waals surface area contributed by atoms with Gasteiger partial charge in [-0.05, 0) is 42.3 Å². The molecule has 4 nitrogen and oxygen atoms in total. The van der Waals surface area contributed by atoms with Gasteiger partial charge in [0, 0.05) is 0 Å². The highest BCUT2D eigenvalue weighted by Crippen LogP contribution is 2.26. The van der Waals surface area contributed by atoms with E-state index in [1.165, 1.54) is 25.3 Å². The summed E-state index contributed by atoms with van der Waals surface area (Å²) in [4.78, 5) is -0.0900. The Morgan fingerprint density at radius 1 is 1.14 bits per heavy atom. The highest BCUT2D eigenvalue weighted by Gasteiger charge is 2.20. The van der Waals surface area contributed by atoms with Crippen molar-refractivity contribution in [3.05, 3.63) is 53.6 Å². The van der Waals surface area contributed by atoms with Crippen LogP contribution in [0.15, 0.2) is 41.3 Å². The lowest BCUT2D eigenvalue weighted by Gasteiger charge is -2.12. The lowest BCUT2D eigenvalue weighted by atomic mass is 10.1. The minimum Gasteiger partial charge on any atom is -0.496 e. The lowest BCUT2D eigenvalue weighted by molar-refractivity contribution is 0.409. The monoisotopic (exact) mass is 327 g/mol. The van der Waals surface area contributed by atoms with Gasteiger partial charge in [0.15, 0.2) is 0 Å². The van der Waals surface area contributed by atoms with Crippen LogP contribution in [0.2, 0.25) is 0 Å². The number of benzene rings is 2. The Morgan fingerprint density at radius 2 is 1.77 bits per heavy atom. The number of nitrogens with one attached hydrogen (secondary N) is 1. The molecule has 0 amide bonds. The van der Waals surface area contributed by atoms with E-state index in [1.807, 2.05) is 11.6 Å². The summed E-state index contributed by atoms with van der Waals surface area (Å²) >= 11 is 0. The van der Waals surface area contributed by atoms with Crippen LogP contribution in [0.5, 0.6) is 5.75 Å². The van der Waals surface area contributed by atoms with Crippen molar-refractivity contribution in [1.82, 2.24) is 0 Å². The Labute approximate surface area is 127 Å². The van der Waals surface area contributed by atoms with Gasteiger partial charge in [-0.2, -0.15) is 0 Å². The first kappa shape index (κ1) is 16.2. The van der Waals surface area contributed by atoms with Crippen molar-refractivity contribution in [2.75, 3.05) is 11.8 Å². The quantitative estimate of drug-likeness (QED) is 0.916. The Kier molecular flexibility index (Phi) is 4.65. The molecule has 0 unspecified atom stereocenters. The van der Waals surface area contributed by atoms with Crippen molar-refractivity contribution in [3.8, 4) is 5.75 Å². The second kappa shape index (κ2) is 6.31. The first-order valence-corrected chi connectivity index (χ1v) is 8.01. The fraction of sp³-hybridized carbons (Fsp3) is 0.200. The van der Waals surface area contributed by atoms with Gasteiger partial charge in [-0.1, -0.05) is 13.0 Å². The Hall–Kier alpha value is -2.15. The molecule has 2 aromatic rings. The molecular formula is C15H15F2NO3S. The normalized spacial score (nSPS) is 11.3. The molecule has 2 rings (SSSR count). The maximum absolute atomic E-state index is 13.6. The van der Waals surface area contributed by atoms with E-state index < -0.39 is 27.3 Å². The number of ether oxygens (including phenoxy) is 1. The van der Waals surface area contributed by atoms with E-state index in [0.29, 0.717) is 17.7 Å². The second-order valence-electron chi connectivity index (χ2n) is 4.53. The zero-order valence-electron chi connectivity index (χ0n) is 12.1. The van der Waals surface area contributed by atoms with Crippen LogP contribution in [-0.2, 0) is 16.4 Å². The molecule has 1 N–H and O–H groups in total. The molecule has 0 aliphatic heterocycles. The van der Waals surface area contributed by atoms with E-state index in [9.17, 15) is 17.2 Å². The average Bonchev–Trinajstić information content (AvgIpc) is 2.50. The van der Waals surface area contributed by atoms with Gasteiger partial charge < -0.3 is 4.74 Å². The third kappa shape index (κ3) is 3.19. The molecule has 0 heterocycles. The van der Waals surface area contributed by atoms with Crippen molar-refractivity contribution in [2.45, 2.75) is 18.2 Å². The number of halogens is 2. The summed E-state index contributed by atoms with van der Waals surface area (Å²) in [6, 6.07) is 7.36. The number of aryl methyl sites for hydroxylation is 1. The van der Waals surface area contributed by atoms with Crippen molar-refractivity contribution in [3.63, 3.8) is 0 Å². The van der Waals surface area contributed by atoms with Gasteiger partial charge in [0.05, 0.1) is 12.0 Å². The van der Waals surface area contributed by atoms with Crippen molar-refractivity contribution in [1.29, 1.82) is 0 Å². The van der Waals surface area contributed by atoms with Crippen molar-refractivity contribution in [2.24, 2.45) is 0 Å². The van der Waals surface area contributed by atoms with Crippen molar-refractivity contribution >= 4 is 15.7 Å². The van der Waals surface area contributed by atoms with Gasteiger partial charge >= 0.3 is 0 Å². The third-order valence-electron chi connectivity index (χ3n) is 3.14. The molecule has 0 fully saturated rings. The second-order valence-corrected chi connectivity index (χ2v) is 6.21. The summed E-state index contributed by atoms with van der Waals surface area (Å²) in [6.07, 6.45) is 0.556. The summed E-state index contributed by atoms with van der Waals surface area (Å²) < 4.78 is 58.8. The highest BCUT2D eigenvalue weighted by atomic mass is 32.2. The van der Waals surface area contributed by atoms with Crippen LogP contribution >= 0.6 is 0 Å². The molecule has 0 aliphatic carbocycles. The number of hydrogen-bond donors (Lipinski definition) is 1. The number of sulfonamides is 1. The van der Waals surface area contributed by atoms with Gasteiger partial charge in [-0.25, -0.2) is 17.2 Å². The Balaban J connectivity index is 2.43. The molecule has 118 valence electrons. The number of methoxy groups -OCH3 is 1. The smallest absolute Gasteiger partial charge is 0.262 e. The summed E-state index contributed by atoms with van der Waals surface area (Å²) in [7, 11) is -2.62. The standard InChI is InChI=1S/C15H15F2NO3S/c1-3-10-9-11(7-8-14(10)21-2)22(19,20)18-15-12(16)5-4-6-13(15)17/h4-9,18H,3H2,1-2H3. The van der Waals surface area contributed by atoms with E-state index in [4.69, 9.17) is 4.74 Å². The minimum absolute atomic E-state index is 0.0900. The molecule has 0 aliphatic rings. The predicted octanol–water partition coefficient (Wildman–Crippen LogP) is 3.34. The number of rotatable bonds is 5. The molecule has 7 heteroatoms. The molecule has 0 radical (unpaired) electrons. The number of hydrogen-bond acceptors (Lipinski definition) is 3. The predicted molar refractivity (Wildman–Crippen MR) is 79.5 cm³/mol. The molecule has 22 heavy (non-hydrogen) atoms. The maximum atomic E-state index is 13.6. The fourth-order valence-electron chi connectivity index (χ4n) is 1.99. The van der Waals surface area contributed by atoms with Crippen LogP contribution in [0.25, 0.3) is 0 Å². The van der Waals surface area contributed by atoms with Gasteiger partial charge in [0.25, 0.3) is 10.0 Å². The molecule has 0 bridgehead atoms. The van der Waals surface area contributed by atoms with Crippen LogP contribution in [0, 0.1) is 11.6 Å². The molecule has 0 spiro atoms. The number of para-hydroxylation sites is 1. The van der Waals surface area contributed by atoms with Gasteiger partial charge in [-0.3, -0.25) is 4.72 Å². The average molecular weight is 327 g/mol. The van der Waals surface area contributed by atoms with E-state index >= 15 is 0 Å². The minimum atomic E-state index is -4.10. The number of anilines is 1. The summed E-state index contributed by atoms with van der Waals surface area (Å²) in [6.45, 7) is 1.85. The molecular weight excluding hydrogens is 312 g/mol. The topological polar surface area (TPSA) is 55.4 Å². The van der Waals surface area contributed by atoms with Gasteiger partial charge in [0.1, 0.15) is 23.1 Å². The van der Waals surface area contributed by atoms with Crippen LogP contribution in [-0.4, -0.2) is 15.5 Å². The molecule has 2 aromatic carbocycles. The Morgan fingerprint density at radius 3 is 2.32 bits per heavy atom. The third-order valence-corrected chi connectivity index (χ3v) is 4.49. The Bertz CT molecular complexity index is 771. The zero-order valence-corrected chi connectivity index (χ0v) is 12.9. The van der Waals surface area contributed by atoms with E-state index in [0.717, 1.165) is 18.2 Å². The summed E-state index contributed by atoms with van der Waals surface area (Å²) in [5, 5.41) is 0. The summed E-state index contributed by atoms with van der Waals surface area (Å²) in [5.41, 5.74) is -0.0178. The van der Waals surface area contributed by atoms with Gasteiger partial charge in [0.2, 0.25) is 0 Å². The van der Waals surface area contributed by atoms with Crippen LogP contribution in [0.4, 0.5) is 14.5 Å². The molecule has 0 saturated heterocycles. The summed E-state index contributed by atoms with van der Waals surface area (Å²) in [5.74, 6) is -1.40. The SMILES string of the molecule is CCc1cc(S(=O)(=O)Nc2c(F)cccc2F)ccc1OC. The van der Waals surface area contributed by atoms with Crippen LogP contribution < -0.4 is 9.46 Å². The van der Waals surface area contributed by atoms with Crippen LogP contribution in [0.3, 0.4) is 0 Å². The fourth-order valence-corrected chi connectivity index (χ4v) is 3.11. The van der Waals surface area contributed by atoms with E-state index in [2.05, 4.69) is 0 Å². The molecule has 0 atom stereocenters. The highest BCUT2D eigenvalue weighted by molar-refractivity contribution is 7.92. The van der Waals surface area contributed by atoms with Gasteiger partial charge in [-0.15, -0.1) is 0 Å². The molecule has 0 saturated carbocycles. The lowest BCUT2D eigenvalue weighted by Crippen LogP contribution is -2.15. The molecule has 0 aromatic heterocycles. The van der Waals surface area contributed by atoms with Crippen molar-refractivity contribution < 1.29 is 21.9 Å².